The van der Waals surface area contributed by atoms with Crippen LogP contribution in [0.4, 0.5) is 0 Å². The molecule has 0 atom stereocenters. The minimum absolute atomic E-state index is 0.230. The molecule has 1 amide bonds. The molecule has 0 aliphatic heterocycles. The van der Waals surface area contributed by atoms with Gasteiger partial charge in [-0.15, -0.1) is 0 Å². The van der Waals surface area contributed by atoms with Crippen molar-refractivity contribution < 1.29 is 9.53 Å². The Kier molecular flexibility index (Phi) is 5.67. The zero-order chi connectivity index (χ0) is 18.2. The Hall–Kier alpha value is -3.54. The predicted octanol–water partition coefficient (Wildman–Crippen LogP) is 2.89. The molecule has 0 radical (unpaired) electrons. The van der Waals surface area contributed by atoms with Crippen LogP contribution in [0.1, 0.15) is 0 Å². The Bertz CT molecular complexity index is 825. The lowest BCUT2D eigenvalue weighted by Gasteiger charge is -2.10. The van der Waals surface area contributed by atoms with Crippen LogP contribution in [-0.2, 0) is 4.79 Å². The molecule has 3 rings (SSSR count). The topological polar surface area (TPSA) is 77.0 Å². The van der Waals surface area contributed by atoms with Crippen molar-refractivity contribution in [3.8, 4) is 28.5 Å². The Balaban J connectivity index is 1.86. The molecule has 0 saturated heterocycles. The zero-order valence-electron chi connectivity index (χ0n) is 14.1. The lowest BCUT2D eigenvalue weighted by Crippen LogP contribution is -2.26. The Morgan fingerprint density at radius 1 is 1.00 bits per heavy atom. The van der Waals surface area contributed by atoms with E-state index in [1.165, 1.54) is 6.08 Å². The van der Waals surface area contributed by atoms with Crippen molar-refractivity contribution in [3.63, 3.8) is 0 Å². The van der Waals surface area contributed by atoms with Gasteiger partial charge >= 0.3 is 0 Å². The third kappa shape index (κ3) is 4.51. The lowest BCUT2D eigenvalue weighted by atomic mass is 10.2. The molecule has 0 aliphatic carbocycles. The van der Waals surface area contributed by atoms with E-state index in [1.807, 2.05) is 48.5 Å². The van der Waals surface area contributed by atoms with E-state index in [1.54, 1.807) is 12.4 Å². The van der Waals surface area contributed by atoms with Gasteiger partial charge in [-0.05, 0) is 30.3 Å². The second-order valence-corrected chi connectivity index (χ2v) is 5.35. The smallest absolute Gasteiger partial charge is 0.243 e. The van der Waals surface area contributed by atoms with Crippen molar-refractivity contribution in [2.45, 2.75) is 0 Å². The molecule has 0 fully saturated rings. The van der Waals surface area contributed by atoms with Crippen LogP contribution < -0.4 is 10.1 Å². The van der Waals surface area contributed by atoms with Crippen molar-refractivity contribution in [2.75, 3.05) is 13.2 Å². The van der Waals surface area contributed by atoms with Gasteiger partial charge in [0.2, 0.25) is 5.91 Å². The number of aromatic nitrogens is 3. The summed E-state index contributed by atoms with van der Waals surface area (Å²) in [6.45, 7) is 4.12. The van der Waals surface area contributed by atoms with Crippen LogP contribution >= 0.6 is 0 Å². The van der Waals surface area contributed by atoms with Gasteiger partial charge in [0.1, 0.15) is 12.4 Å². The number of carbonyl (C=O) groups excluding carboxylic acids is 1. The van der Waals surface area contributed by atoms with Crippen molar-refractivity contribution in [1.82, 2.24) is 20.3 Å². The second-order valence-electron chi connectivity index (χ2n) is 5.35. The largest absolute Gasteiger partial charge is 0.492 e. The van der Waals surface area contributed by atoms with E-state index in [9.17, 15) is 4.79 Å². The second kappa shape index (κ2) is 8.53. The quantitative estimate of drug-likeness (QED) is 0.526. The van der Waals surface area contributed by atoms with Crippen molar-refractivity contribution in [1.29, 1.82) is 0 Å². The monoisotopic (exact) mass is 346 g/mol. The average Bonchev–Trinajstić information content (AvgIpc) is 2.72. The third-order valence-corrected chi connectivity index (χ3v) is 3.51. The molecule has 0 spiro atoms. The summed E-state index contributed by atoms with van der Waals surface area (Å²) in [5, 5.41) is 2.67. The number of amides is 1. The molecular formula is C20H18N4O2. The fourth-order valence-electron chi connectivity index (χ4n) is 2.30. The highest BCUT2D eigenvalue weighted by atomic mass is 16.5. The summed E-state index contributed by atoms with van der Waals surface area (Å²) in [5.74, 6) is 0.404. The number of ether oxygens (including phenoxy) is 1. The molecule has 3 aromatic rings. The van der Waals surface area contributed by atoms with Crippen LogP contribution in [0.3, 0.4) is 0 Å². The first-order valence-corrected chi connectivity index (χ1v) is 8.14. The van der Waals surface area contributed by atoms with Gasteiger partial charge in [0.05, 0.1) is 29.3 Å². The first-order chi connectivity index (χ1) is 12.8. The van der Waals surface area contributed by atoms with E-state index in [2.05, 4.69) is 26.8 Å². The number of nitrogens with one attached hydrogen (secondary N) is 1. The maximum absolute atomic E-state index is 11.2. The van der Waals surface area contributed by atoms with Crippen molar-refractivity contribution in [3.05, 3.63) is 73.6 Å². The number of carbonyl (C=O) groups is 1. The van der Waals surface area contributed by atoms with E-state index in [0.29, 0.717) is 30.3 Å². The number of nitrogens with zero attached hydrogens (tertiary/aromatic N) is 3. The van der Waals surface area contributed by atoms with Gasteiger partial charge in [0.25, 0.3) is 0 Å². The van der Waals surface area contributed by atoms with Crippen LogP contribution in [0.2, 0.25) is 0 Å². The normalized spacial score (nSPS) is 10.2. The van der Waals surface area contributed by atoms with Gasteiger partial charge in [0.15, 0.2) is 0 Å². The standard InChI is InChI=1S/C20H18N4O2/c1-2-20(25)23-11-12-26-15-13-18(16-7-3-5-9-21-16)24-19(14-15)17-8-4-6-10-22-17/h2-10,13-14H,1,11-12H2,(H,23,25). The molecule has 0 unspecified atom stereocenters. The number of hydrogen-bond donors (Lipinski definition) is 1. The van der Waals surface area contributed by atoms with Gasteiger partial charge in [-0.25, -0.2) is 4.98 Å². The number of hydrogen-bond acceptors (Lipinski definition) is 5. The molecule has 130 valence electrons. The van der Waals surface area contributed by atoms with Gasteiger partial charge in [0, 0.05) is 24.5 Å². The summed E-state index contributed by atoms with van der Waals surface area (Å²) in [7, 11) is 0. The summed E-state index contributed by atoms with van der Waals surface area (Å²) in [5.41, 5.74) is 2.88. The van der Waals surface area contributed by atoms with E-state index in [-0.39, 0.29) is 5.91 Å². The molecule has 0 aromatic carbocycles. The molecule has 1 N–H and O–H groups in total. The molecule has 0 saturated carbocycles. The summed E-state index contributed by atoms with van der Waals surface area (Å²) in [6.07, 6.45) is 4.66. The zero-order valence-corrected chi connectivity index (χ0v) is 14.1. The Morgan fingerprint density at radius 3 is 2.12 bits per heavy atom. The summed E-state index contributed by atoms with van der Waals surface area (Å²) >= 11 is 0. The lowest BCUT2D eigenvalue weighted by molar-refractivity contribution is -0.116. The molecule has 0 bridgehead atoms. The van der Waals surface area contributed by atoms with E-state index in [0.717, 1.165) is 11.4 Å². The highest BCUT2D eigenvalue weighted by Crippen LogP contribution is 2.26. The van der Waals surface area contributed by atoms with E-state index in [4.69, 9.17) is 4.74 Å². The highest BCUT2D eigenvalue weighted by Gasteiger charge is 2.09. The van der Waals surface area contributed by atoms with Crippen LogP contribution in [-0.4, -0.2) is 34.0 Å². The highest BCUT2D eigenvalue weighted by molar-refractivity contribution is 5.86. The Morgan fingerprint density at radius 2 is 1.62 bits per heavy atom. The maximum Gasteiger partial charge on any atom is 0.243 e. The van der Waals surface area contributed by atoms with Crippen LogP contribution in [0, 0.1) is 0 Å². The molecule has 3 aromatic heterocycles. The first-order valence-electron chi connectivity index (χ1n) is 8.14. The number of rotatable bonds is 7. The summed E-state index contributed by atoms with van der Waals surface area (Å²) in [6, 6.07) is 14.9. The van der Waals surface area contributed by atoms with Crippen molar-refractivity contribution in [2.24, 2.45) is 0 Å². The van der Waals surface area contributed by atoms with E-state index >= 15 is 0 Å². The fraction of sp³-hybridized carbons (Fsp3) is 0.100. The van der Waals surface area contributed by atoms with Gasteiger partial charge < -0.3 is 10.1 Å². The molecule has 0 aliphatic rings. The van der Waals surface area contributed by atoms with Gasteiger partial charge in [-0.3, -0.25) is 14.8 Å². The summed E-state index contributed by atoms with van der Waals surface area (Å²) in [4.78, 5) is 24.5. The van der Waals surface area contributed by atoms with Crippen LogP contribution in [0.5, 0.6) is 5.75 Å². The average molecular weight is 346 g/mol. The summed E-state index contributed by atoms with van der Waals surface area (Å²) < 4.78 is 5.78. The van der Waals surface area contributed by atoms with Crippen LogP contribution in [0.25, 0.3) is 22.8 Å². The van der Waals surface area contributed by atoms with Gasteiger partial charge in [-0.2, -0.15) is 0 Å². The molecule has 6 heteroatoms. The third-order valence-electron chi connectivity index (χ3n) is 3.51. The Labute approximate surface area is 151 Å². The first kappa shape index (κ1) is 17.3. The molecule has 26 heavy (non-hydrogen) atoms. The predicted molar refractivity (Wildman–Crippen MR) is 99.4 cm³/mol. The van der Waals surface area contributed by atoms with E-state index < -0.39 is 0 Å². The minimum atomic E-state index is -0.230. The molecular weight excluding hydrogens is 328 g/mol. The molecule has 3 heterocycles. The molecule has 6 nitrogen and oxygen atoms in total. The fourth-order valence-corrected chi connectivity index (χ4v) is 2.30. The minimum Gasteiger partial charge on any atom is -0.492 e. The number of pyridine rings is 3. The SMILES string of the molecule is C=CC(=O)NCCOc1cc(-c2ccccn2)nc(-c2ccccn2)c1. The maximum atomic E-state index is 11.2. The van der Waals surface area contributed by atoms with Crippen molar-refractivity contribution >= 4 is 5.91 Å². The van der Waals surface area contributed by atoms with Crippen LogP contribution in [0.15, 0.2) is 73.6 Å². The van der Waals surface area contributed by atoms with Gasteiger partial charge in [-0.1, -0.05) is 18.7 Å².